The van der Waals surface area contributed by atoms with Crippen molar-refractivity contribution in [3.8, 4) is 5.75 Å². The number of halogens is 1. The van der Waals surface area contributed by atoms with Crippen LogP contribution in [-0.4, -0.2) is 38.2 Å². The Morgan fingerprint density at radius 2 is 1.74 bits per heavy atom. The highest BCUT2D eigenvalue weighted by molar-refractivity contribution is 6.30. The van der Waals surface area contributed by atoms with Gasteiger partial charge in [-0.1, -0.05) is 11.6 Å². The topological polar surface area (TPSA) is 76.7 Å². The Kier molecular flexibility index (Phi) is 8.10. The van der Waals surface area contributed by atoms with E-state index in [-0.39, 0.29) is 11.8 Å². The van der Waals surface area contributed by atoms with Crippen molar-refractivity contribution in [2.24, 2.45) is 0 Å². The first kappa shape index (κ1) is 20.7. The number of benzene rings is 2. The first-order valence-corrected chi connectivity index (χ1v) is 8.97. The summed E-state index contributed by atoms with van der Waals surface area (Å²) < 4.78 is 10.5. The molecule has 0 bridgehead atoms. The largest absolute Gasteiger partial charge is 0.481 e. The molecule has 2 aromatic carbocycles. The number of hydrogen-bond donors (Lipinski definition) is 2. The molecule has 144 valence electrons. The molecular weight excluding hydrogens is 368 g/mol. The van der Waals surface area contributed by atoms with Crippen LogP contribution in [-0.2, 0) is 9.53 Å². The van der Waals surface area contributed by atoms with Gasteiger partial charge in [-0.15, -0.1) is 0 Å². The van der Waals surface area contributed by atoms with Crippen LogP contribution in [0.3, 0.4) is 0 Å². The summed E-state index contributed by atoms with van der Waals surface area (Å²) in [7, 11) is 1.62. The van der Waals surface area contributed by atoms with Gasteiger partial charge in [0.15, 0.2) is 6.10 Å². The molecule has 7 heteroatoms. The zero-order valence-electron chi connectivity index (χ0n) is 15.3. The molecule has 0 aliphatic heterocycles. The molecule has 2 aromatic rings. The lowest BCUT2D eigenvalue weighted by Crippen LogP contribution is -2.30. The maximum absolute atomic E-state index is 12.3. The Morgan fingerprint density at radius 3 is 2.37 bits per heavy atom. The molecule has 0 spiro atoms. The lowest BCUT2D eigenvalue weighted by atomic mass is 10.2. The average molecular weight is 391 g/mol. The van der Waals surface area contributed by atoms with Crippen LogP contribution >= 0.6 is 11.6 Å². The second-order valence-corrected chi connectivity index (χ2v) is 6.32. The summed E-state index contributed by atoms with van der Waals surface area (Å²) in [6.45, 7) is 2.80. The van der Waals surface area contributed by atoms with E-state index < -0.39 is 6.10 Å². The summed E-state index contributed by atoms with van der Waals surface area (Å²) >= 11 is 5.83. The summed E-state index contributed by atoms with van der Waals surface area (Å²) in [6.07, 6.45) is 0.0666. The Balaban J connectivity index is 1.84. The van der Waals surface area contributed by atoms with Gasteiger partial charge in [-0.2, -0.15) is 0 Å². The fourth-order valence-electron chi connectivity index (χ4n) is 2.24. The van der Waals surface area contributed by atoms with Gasteiger partial charge < -0.3 is 20.1 Å². The second kappa shape index (κ2) is 10.5. The van der Waals surface area contributed by atoms with Gasteiger partial charge in [0.1, 0.15) is 5.75 Å². The minimum absolute atomic E-state index is 0.164. The van der Waals surface area contributed by atoms with Gasteiger partial charge in [-0.05, 0) is 61.9 Å². The Hall–Kier alpha value is -2.57. The standard InChI is InChI=1S/C20H23ClN2O4/c1-14(27-18-10-6-16(21)7-11-18)19(24)23-17-8-4-15(5-9-17)20(25)22-12-3-13-26-2/h4-11,14H,3,12-13H2,1-2H3,(H,22,25)(H,23,24). The first-order valence-electron chi connectivity index (χ1n) is 8.60. The number of anilines is 1. The predicted molar refractivity (Wildman–Crippen MR) is 105 cm³/mol. The lowest BCUT2D eigenvalue weighted by molar-refractivity contribution is -0.122. The van der Waals surface area contributed by atoms with Crippen molar-refractivity contribution in [2.75, 3.05) is 25.6 Å². The molecule has 0 saturated carbocycles. The number of methoxy groups -OCH3 is 1. The van der Waals surface area contributed by atoms with Crippen LogP contribution in [0, 0.1) is 0 Å². The van der Waals surface area contributed by atoms with E-state index in [4.69, 9.17) is 21.1 Å². The number of amides is 2. The molecule has 0 aliphatic carbocycles. The maximum atomic E-state index is 12.3. The van der Waals surface area contributed by atoms with E-state index in [9.17, 15) is 9.59 Å². The summed E-state index contributed by atoms with van der Waals surface area (Å²) in [5, 5.41) is 6.17. The smallest absolute Gasteiger partial charge is 0.265 e. The van der Waals surface area contributed by atoms with E-state index in [1.165, 1.54) is 0 Å². The van der Waals surface area contributed by atoms with Gasteiger partial charge >= 0.3 is 0 Å². The van der Waals surface area contributed by atoms with Gasteiger partial charge in [-0.3, -0.25) is 9.59 Å². The average Bonchev–Trinajstić information content (AvgIpc) is 2.67. The molecule has 6 nitrogen and oxygen atoms in total. The summed E-state index contributed by atoms with van der Waals surface area (Å²) in [5.74, 6) is 0.104. The van der Waals surface area contributed by atoms with E-state index in [0.717, 1.165) is 6.42 Å². The fourth-order valence-corrected chi connectivity index (χ4v) is 2.37. The van der Waals surface area contributed by atoms with Crippen LogP contribution in [0.2, 0.25) is 5.02 Å². The number of ether oxygens (including phenoxy) is 2. The van der Waals surface area contributed by atoms with Gasteiger partial charge in [-0.25, -0.2) is 0 Å². The molecule has 2 N–H and O–H groups in total. The fraction of sp³-hybridized carbons (Fsp3) is 0.300. The zero-order chi connectivity index (χ0) is 19.6. The van der Waals surface area contributed by atoms with Crippen molar-refractivity contribution in [2.45, 2.75) is 19.4 Å². The zero-order valence-corrected chi connectivity index (χ0v) is 16.1. The van der Waals surface area contributed by atoms with Crippen molar-refractivity contribution < 1.29 is 19.1 Å². The molecule has 0 aromatic heterocycles. The third kappa shape index (κ3) is 6.92. The highest BCUT2D eigenvalue weighted by Gasteiger charge is 2.15. The van der Waals surface area contributed by atoms with Crippen LogP contribution in [0.4, 0.5) is 5.69 Å². The molecule has 1 unspecified atom stereocenters. The molecule has 27 heavy (non-hydrogen) atoms. The Bertz CT molecular complexity index is 748. The van der Waals surface area contributed by atoms with E-state index in [0.29, 0.717) is 35.2 Å². The molecule has 0 heterocycles. The van der Waals surface area contributed by atoms with Crippen LogP contribution in [0.1, 0.15) is 23.7 Å². The highest BCUT2D eigenvalue weighted by atomic mass is 35.5. The van der Waals surface area contributed by atoms with Crippen LogP contribution in [0.15, 0.2) is 48.5 Å². The van der Waals surface area contributed by atoms with E-state index in [2.05, 4.69) is 10.6 Å². The van der Waals surface area contributed by atoms with Crippen LogP contribution in [0.25, 0.3) is 0 Å². The van der Waals surface area contributed by atoms with E-state index >= 15 is 0 Å². The number of nitrogens with one attached hydrogen (secondary N) is 2. The summed E-state index contributed by atoms with van der Waals surface area (Å²) in [6, 6.07) is 13.5. The molecule has 0 saturated heterocycles. The molecule has 0 radical (unpaired) electrons. The number of carbonyl (C=O) groups excluding carboxylic acids is 2. The van der Waals surface area contributed by atoms with Crippen LogP contribution < -0.4 is 15.4 Å². The molecule has 2 amide bonds. The van der Waals surface area contributed by atoms with Crippen molar-refractivity contribution in [3.63, 3.8) is 0 Å². The van der Waals surface area contributed by atoms with Gasteiger partial charge in [0.05, 0.1) is 0 Å². The normalized spacial score (nSPS) is 11.5. The lowest BCUT2D eigenvalue weighted by Gasteiger charge is -2.15. The van der Waals surface area contributed by atoms with Crippen molar-refractivity contribution in [3.05, 3.63) is 59.1 Å². The predicted octanol–water partition coefficient (Wildman–Crippen LogP) is 3.51. The van der Waals surface area contributed by atoms with Crippen molar-refractivity contribution in [1.82, 2.24) is 5.32 Å². The number of carbonyl (C=O) groups is 2. The number of rotatable bonds is 9. The van der Waals surface area contributed by atoms with Crippen molar-refractivity contribution >= 4 is 29.1 Å². The summed E-state index contributed by atoms with van der Waals surface area (Å²) in [5.41, 5.74) is 1.11. The molecule has 0 fully saturated rings. The molecular formula is C20H23ClN2O4. The van der Waals surface area contributed by atoms with Gasteiger partial charge in [0.25, 0.3) is 11.8 Å². The second-order valence-electron chi connectivity index (χ2n) is 5.88. The quantitative estimate of drug-likeness (QED) is 0.642. The van der Waals surface area contributed by atoms with Gasteiger partial charge in [0, 0.05) is 36.5 Å². The van der Waals surface area contributed by atoms with E-state index in [1.807, 2.05) is 0 Å². The molecule has 2 rings (SSSR count). The maximum Gasteiger partial charge on any atom is 0.265 e. The summed E-state index contributed by atoms with van der Waals surface area (Å²) in [4.78, 5) is 24.3. The Morgan fingerprint density at radius 1 is 1.07 bits per heavy atom. The van der Waals surface area contributed by atoms with E-state index in [1.54, 1.807) is 62.6 Å². The highest BCUT2D eigenvalue weighted by Crippen LogP contribution is 2.17. The minimum Gasteiger partial charge on any atom is -0.481 e. The minimum atomic E-state index is -0.685. The van der Waals surface area contributed by atoms with Gasteiger partial charge in [0.2, 0.25) is 0 Å². The van der Waals surface area contributed by atoms with Crippen LogP contribution in [0.5, 0.6) is 5.75 Å². The number of hydrogen-bond acceptors (Lipinski definition) is 4. The SMILES string of the molecule is COCCCNC(=O)c1ccc(NC(=O)C(C)Oc2ccc(Cl)cc2)cc1. The Labute approximate surface area is 163 Å². The molecule has 0 aliphatic rings. The monoisotopic (exact) mass is 390 g/mol. The first-order chi connectivity index (χ1) is 13.0. The third-order valence-corrected chi connectivity index (χ3v) is 3.97. The third-order valence-electron chi connectivity index (χ3n) is 3.72. The van der Waals surface area contributed by atoms with Crippen molar-refractivity contribution in [1.29, 1.82) is 0 Å². The molecule has 1 atom stereocenters.